The van der Waals surface area contributed by atoms with Crippen LogP contribution in [0.25, 0.3) is 0 Å². The first-order valence-corrected chi connectivity index (χ1v) is 21.2. The van der Waals surface area contributed by atoms with Crippen LogP contribution in [-0.2, 0) is 32.7 Å². The number of phosphoric acid groups is 1. The summed E-state index contributed by atoms with van der Waals surface area (Å²) >= 11 is 0. The van der Waals surface area contributed by atoms with Crippen LogP contribution in [0.5, 0.6) is 0 Å². The Kier molecular flexibility index (Phi) is 34.6. The van der Waals surface area contributed by atoms with Gasteiger partial charge in [0.05, 0.1) is 13.2 Å². The molecule has 0 aliphatic carbocycles. The highest BCUT2D eigenvalue weighted by Crippen LogP contribution is 2.43. The van der Waals surface area contributed by atoms with E-state index in [9.17, 15) is 19.0 Å². The number of rotatable bonds is 37. The standard InChI is InChI=1S/C38H74NO8P/c1-3-5-7-9-11-13-15-17-18-19-21-23-25-27-29-31-38(41)47-36(35-46-48(42,43)45-33-32-39)34-44-37(40)30-28-26-24-22-20-16-14-12-10-8-6-4-2/h19,21,36H,3-18,20,22-35,39H2,1-2H3,(H,42,43)/b21-19+/t36-/m1/s1. The van der Waals surface area contributed by atoms with Crippen LogP contribution in [0.15, 0.2) is 12.2 Å². The maximum atomic E-state index is 12.5. The number of nitrogens with two attached hydrogens (primary N) is 1. The minimum Gasteiger partial charge on any atom is -0.462 e. The fourth-order valence-corrected chi connectivity index (χ4v) is 6.22. The highest BCUT2D eigenvalue weighted by Gasteiger charge is 2.25. The molecule has 284 valence electrons. The van der Waals surface area contributed by atoms with Crippen molar-refractivity contribution in [3.63, 3.8) is 0 Å². The van der Waals surface area contributed by atoms with Crippen molar-refractivity contribution in [2.45, 2.75) is 193 Å². The van der Waals surface area contributed by atoms with Crippen LogP contribution in [0.1, 0.15) is 187 Å². The Hall–Kier alpha value is -1.25. The Labute approximate surface area is 294 Å². The number of phosphoric ester groups is 1. The number of hydrogen-bond acceptors (Lipinski definition) is 8. The molecule has 0 amide bonds. The van der Waals surface area contributed by atoms with Crippen molar-refractivity contribution in [1.82, 2.24) is 0 Å². The molecule has 10 heteroatoms. The average molecular weight is 704 g/mol. The third-order valence-corrected chi connectivity index (χ3v) is 9.39. The lowest BCUT2D eigenvalue weighted by Crippen LogP contribution is -2.29. The third kappa shape index (κ3) is 34.6. The number of unbranched alkanes of at least 4 members (excludes halogenated alkanes) is 22. The van der Waals surface area contributed by atoms with Crippen molar-refractivity contribution >= 4 is 19.8 Å². The molecular weight excluding hydrogens is 629 g/mol. The van der Waals surface area contributed by atoms with E-state index in [1.54, 1.807) is 0 Å². The van der Waals surface area contributed by atoms with Gasteiger partial charge < -0.3 is 20.1 Å². The second-order valence-corrected chi connectivity index (χ2v) is 14.6. The Morgan fingerprint density at radius 2 is 1.02 bits per heavy atom. The lowest BCUT2D eigenvalue weighted by atomic mass is 10.0. The summed E-state index contributed by atoms with van der Waals surface area (Å²) in [5, 5.41) is 0. The van der Waals surface area contributed by atoms with E-state index in [4.69, 9.17) is 24.3 Å². The summed E-state index contributed by atoms with van der Waals surface area (Å²) in [5.74, 6) is -0.841. The normalized spacial score (nSPS) is 13.5. The van der Waals surface area contributed by atoms with Gasteiger partial charge in [0.25, 0.3) is 0 Å². The molecule has 0 saturated heterocycles. The molecule has 0 saturated carbocycles. The van der Waals surface area contributed by atoms with Gasteiger partial charge in [-0.05, 0) is 38.5 Å². The maximum absolute atomic E-state index is 12.5. The molecule has 48 heavy (non-hydrogen) atoms. The van der Waals surface area contributed by atoms with Crippen molar-refractivity contribution in [1.29, 1.82) is 0 Å². The molecule has 0 aliphatic rings. The van der Waals surface area contributed by atoms with Gasteiger partial charge in [-0.1, -0.05) is 148 Å². The molecule has 0 aromatic rings. The Bertz CT molecular complexity index is 810. The fourth-order valence-electron chi connectivity index (χ4n) is 5.45. The topological polar surface area (TPSA) is 134 Å². The van der Waals surface area contributed by atoms with Crippen LogP contribution in [0.2, 0.25) is 0 Å². The van der Waals surface area contributed by atoms with Crippen LogP contribution in [0.4, 0.5) is 0 Å². The fraction of sp³-hybridized carbons (Fsp3) is 0.895. The molecule has 0 heterocycles. The van der Waals surface area contributed by atoms with Gasteiger partial charge >= 0.3 is 19.8 Å². The van der Waals surface area contributed by atoms with E-state index < -0.39 is 26.5 Å². The zero-order valence-corrected chi connectivity index (χ0v) is 31.9. The predicted molar refractivity (Wildman–Crippen MR) is 197 cm³/mol. The van der Waals surface area contributed by atoms with Gasteiger partial charge in [-0.25, -0.2) is 4.57 Å². The minimum atomic E-state index is -4.37. The van der Waals surface area contributed by atoms with Gasteiger partial charge in [-0.3, -0.25) is 18.6 Å². The highest BCUT2D eigenvalue weighted by molar-refractivity contribution is 7.47. The summed E-state index contributed by atoms with van der Waals surface area (Å²) in [7, 11) is -4.37. The molecule has 0 radical (unpaired) electrons. The molecule has 9 nitrogen and oxygen atoms in total. The lowest BCUT2D eigenvalue weighted by Gasteiger charge is -2.19. The van der Waals surface area contributed by atoms with Gasteiger partial charge in [0.15, 0.2) is 6.10 Å². The first-order valence-electron chi connectivity index (χ1n) is 19.7. The van der Waals surface area contributed by atoms with E-state index in [0.717, 1.165) is 44.9 Å². The second-order valence-electron chi connectivity index (χ2n) is 13.2. The highest BCUT2D eigenvalue weighted by atomic mass is 31.2. The molecule has 0 aromatic carbocycles. The summed E-state index contributed by atoms with van der Waals surface area (Å²) in [6.07, 6.45) is 33.8. The van der Waals surface area contributed by atoms with E-state index in [-0.39, 0.29) is 38.6 Å². The lowest BCUT2D eigenvalue weighted by molar-refractivity contribution is -0.161. The van der Waals surface area contributed by atoms with E-state index in [1.807, 2.05) is 0 Å². The molecule has 0 fully saturated rings. The van der Waals surface area contributed by atoms with Crippen molar-refractivity contribution in [2.24, 2.45) is 5.73 Å². The molecule has 0 rings (SSSR count). The molecule has 1 unspecified atom stereocenters. The van der Waals surface area contributed by atoms with Crippen LogP contribution in [0.3, 0.4) is 0 Å². The molecular formula is C38H74NO8P. The molecule has 2 atom stereocenters. The van der Waals surface area contributed by atoms with E-state index >= 15 is 0 Å². The number of hydrogen-bond donors (Lipinski definition) is 2. The van der Waals surface area contributed by atoms with Crippen molar-refractivity contribution in [2.75, 3.05) is 26.4 Å². The summed E-state index contributed by atoms with van der Waals surface area (Å²) in [6.45, 7) is 3.71. The van der Waals surface area contributed by atoms with Crippen molar-refractivity contribution in [3.8, 4) is 0 Å². The largest absolute Gasteiger partial charge is 0.472 e. The number of ether oxygens (including phenoxy) is 2. The third-order valence-electron chi connectivity index (χ3n) is 8.40. The first-order chi connectivity index (χ1) is 23.3. The zero-order chi connectivity index (χ0) is 35.4. The number of esters is 2. The smallest absolute Gasteiger partial charge is 0.462 e. The zero-order valence-electron chi connectivity index (χ0n) is 31.0. The minimum absolute atomic E-state index is 0.0537. The van der Waals surface area contributed by atoms with E-state index in [2.05, 4.69) is 26.0 Å². The van der Waals surface area contributed by atoms with Gasteiger partial charge in [0, 0.05) is 19.4 Å². The number of allylic oxidation sites excluding steroid dienone is 2. The van der Waals surface area contributed by atoms with Crippen LogP contribution in [0, 0.1) is 0 Å². The van der Waals surface area contributed by atoms with Crippen LogP contribution in [-0.4, -0.2) is 49.3 Å². The molecule has 0 aliphatic heterocycles. The molecule has 0 bridgehead atoms. The van der Waals surface area contributed by atoms with Gasteiger partial charge in [-0.15, -0.1) is 0 Å². The van der Waals surface area contributed by atoms with E-state index in [1.165, 1.54) is 109 Å². The predicted octanol–water partition coefficient (Wildman–Crippen LogP) is 10.7. The second kappa shape index (κ2) is 35.6. The summed E-state index contributed by atoms with van der Waals surface area (Å²) in [6, 6.07) is 0. The van der Waals surface area contributed by atoms with Gasteiger partial charge in [0.1, 0.15) is 6.61 Å². The quantitative estimate of drug-likeness (QED) is 0.0280. The summed E-state index contributed by atoms with van der Waals surface area (Å²) in [4.78, 5) is 34.7. The van der Waals surface area contributed by atoms with Crippen LogP contribution < -0.4 is 5.73 Å². The first kappa shape index (κ1) is 46.8. The SMILES string of the molecule is CCCCCCCCCC/C=C/CCCCCC(=O)O[C@H](COC(=O)CCCCCCCCCCCCCC)COP(=O)(O)OCCN. The summed E-state index contributed by atoms with van der Waals surface area (Å²) < 4.78 is 32.6. The molecule has 3 N–H and O–H groups in total. The molecule has 0 aromatic heterocycles. The Morgan fingerprint density at radius 1 is 0.604 bits per heavy atom. The van der Waals surface area contributed by atoms with E-state index in [0.29, 0.717) is 6.42 Å². The Balaban J connectivity index is 4.22. The number of carbonyl (C=O) groups is 2. The average Bonchev–Trinajstić information content (AvgIpc) is 3.07. The van der Waals surface area contributed by atoms with Gasteiger partial charge in [0.2, 0.25) is 0 Å². The number of carbonyl (C=O) groups excluding carboxylic acids is 2. The summed E-state index contributed by atoms with van der Waals surface area (Å²) in [5.41, 5.74) is 5.33. The van der Waals surface area contributed by atoms with Crippen molar-refractivity contribution < 1.29 is 37.6 Å². The van der Waals surface area contributed by atoms with Crippen LogP contribution >= 0.6 is 7.82 Å². The molecule has 0 spiro atoms. The van der Waals surface area contributed by atoms with Gasteiger partial charge in [-0.2, -0.15) is 0 Å². The van der Waals surface area contributed by atoms with Crippen molar-refractivity contribution in [3.05, 3.63) is 12.2 Å². The Morgan fingerprint density at radius 3 is 1.50 bits per heavy atom. The monoisotopic (exact) mass is 704 g/mol. The maximum Gasteiger partial charge on any atom is 0.472 e.